The molecule has 0 radical (unpaired) electrons. The molecule has 0 bridgehead atoms. The smallest absolute Gasteiger partial charge is 0.146 e. The van der Waals surface area contributed by atoms with Gasteiger partial charge < -0.3 is 14.5 Å². The Bertz CT molecular complexity index is 549. The Morgan fingerprint density at radius 2 is 1.81 bits per heavy atom. The summed E-state index contributed by atoms with van der Waals surface area (Å²) in [6.07, 6.45) is 1.72. The molecule has 0 unspecified atom stereocenters. The SMILES string of the molecule is CCNCc1ccoc1COc1ccc(C(C)(C)C)cc1. The maximum Gasteiger partial charge on any atom is 0.146 e. The fourth-order valence-electron chi connectivity index (χ4n) is 2.11. The van der Waals surface area contributed by atoms with E-state index in [1.165, 1.54) is 5.56 Å². The van der Waals surface area contributed by atoms with Gasteiger partial charge >= 0.3 is 0 Å². The van der Waals surface area contributed by atoms with Crippen LogP contribution in [0.2, 0.25) is 0 Å². The first-order valence-corrected chi connectivity index (χ1v) is 7.50. The van der Waals surface area contributed by atoms with Gasteiger partial charge in [0, 0.05) is 12.1 Å². The lowest BCUT2D eigenvalue weighted by Gasteiger charge is -2.19. The molecule has 0 saturated carbocycles. The third-order valence-corrected chi connectivity index (χ3v) is 3.49. The van der Waals surface area contributed by atoms with Crippen LogP contribution < -0.4 is 10.1 Å². The van der Waals surface area contributed by atoms with E-state index in [9.17, 15) is 0 Å². The molecule has 0 spiro atoms. The van der Waals surface area contributed by atoms with Crippen LogP contribution in [0.15, 0.2) is 41.0 Å². The zero-order valence-electron chi connectivity index (χ0n) is 13.4. The molecule has 2 rings (SSSR count). The van der Waals surface area contributed by atoms with Gasteiger partial charge in [-0.3, -0.25) is 0 Å². The van der Waals surface area contributed by atoms with Gasteiger partial charge in [0.25, 0.3) is 0 Å². The van der Waals surface area contributed by atoms with Crippen LogP contribution in [0.4, 0.5) is 0 Å². The largest absolute Gasteiger partial charge is 0.486 e. The van der Waals surface area contributed by atoms with Crippen LogP contribution in [0.3, 0.4) is 0 Å². The topological polar surface area (TPSA) is 34.4 Å². The normalized spacial score (nSPS) is 11.6. The van der Waals surface area contributed by atoms with Gasteiger partial charge in [-0.15, -0.1) is 0 Å². The molecule has 1 aromatic carbocycles. The average Bonchev–Trinajstić information content (AvgIpc) is 2.90. The molecular weight excluding hydrogens is 262 g/mol. The molecule has 0 aliphatic carbocycles. The second kappa shape index (κ2) is 6.81. The summed E-state index contributed by atoms with van der Waals surface area (Å²) in [5.41, 5.74) is 2.63. The minimum atomic E-state index is 0.165. The molecule has 3 heteroatoms. The summed E-state index contributed by atoms with van der Waals surface area (Å²) >= 11 is 0. The van der Waals surface area contributed by atoms with Crippen LogP contribution in [-0.2, 0) is 18.6 Å². The van der Waals surface area contributed by atoms with Crippen LogP contribution in [0, 0.1) is 0 Å². The van der Waals surface area contributed by atoms with Crippen molar-refractivity contribution in [3.63, 3.8) is 0 Å². The van der Waals surface area contributed by atoms with Crippen LogP contribution in [0.25, 0.3) is 0 Å². The maximum absolute atomic E-state index is 5.82. The molecule has 1 aromatic heterocycles. The third kappa shape index (κ3) is 4.36. The zero-order valence-corrected chi connectivity index (χ0v) is 13.4. The number of nitrogens with one attached hydrogen (secondary N) is 1. The zero-order chi connectivity index (χ0) is 15.3. The molecule has 1 N–H and O–H groups in total. The van der Waals surface area contributed by atoms with Crippen molar-refractivity contribution in [3.05, 3.63) is 53.5 Å². The number of hydrogen-bond donors (Lipinski definition) is 1. The predicted octanol–water partition coefficient (Wildman–Crippen LogP) is 4.27. The quantitative estimate of drug-likeness (QED) is 0.861. The van der Waals surface area contributed by atoms with Crippen molar-refractivity contribution in [2.24, 2.45) is 0 Å². The lowest BCUT2D eigenvalue weighted by atomic mass is 9.87. The number of benzene rings is 1. The first-order valence-electron chi connectivity index (χ1n) is 7.50. The Morgan fingerprint density at radius 3 is 2.43 bits per heavy atom. The van der Waals surface area contributed by atoms with E-state index >= 15 is 0 Å². The van der Waals surface area contributed by atoms with Crippen molar-refractivity contribution >= 4 is 0 Å². The van der Waals surface area contributed by atoms with E-state index in [4.69, 9.17) is 9.15 Å². The molecule has 0 aliphatic heterocycles. The summed E-state index contributed by atoms with van der Waals surface area (Å²) in [6, 6.07) is 10.3. The highest BCUT2D eigenvalue weighted by atomic mass is 16.5. The third-order valence-electron chi connectivity index (χ3n) is 3.49. The fraction of sp³-hybridized carbons (Fsp3) is 0.444. The van der Waals surface area contributed by atoms with Crippen molar-refractivity contribution < 1.29 is 9.15 Å². The summed E-state index contributed by atoms with van der Waals surface area (Å²) in [5.74, 6) is 1.75. The van der Waals surface area contributed by atoms with Crippen LogP contribution in [-0.4, -0.2) is 6.54 Å². The van der Waals surface area contributed by atoms with E-state index in [-0.39, 0.29) is 5.41 Å². The molecule has 114 valence electrons. The lowest BCUT2D eigenvalue weighted by molar-refractivity contribution is 0.268. The highest BCUT2D eigenvalue weighted by molar-refractivity contribution is 5.31. The first kappa shape index (κ1) is 15.6. The van der Waals surface area contributed by atoms with E-state index in [0.29, 0.717) is 6.61 Å². The molecule has 0 atom stereocenters. The molecule has 21 heavy (non-hydrogen) atoms. The van der Waals surface area contributed by atoms with Gasteiger partial charge in [-0.1, -0.05) is 39.8 Å². The molecular formula is C18H25NO2. The van der Waals surface area contributed by atoms with Crippen molar-refractivity contribution in [1.82, 2.24) is 5.32 Å². The van der Waals surface area contributed by atoms with Crippen LogP contribution in [0.5, 0.6) is 5.75 Å². The van der Waals surface area contributed by atoms with E-state index in [1.54, 1.807) is 6.26 Å². The maximum atomic E-state index is 5.82. The van der Waals surface area contributed by atoms with E-state index < -0.39 is 0 Å². The molecule has 3 nitrogen and oxygen atoms in total. The molecule has 2 aromatic rings. The number of furan rings is 1. The summed E-state index contributed by atoms with van der Waals surface area (Å²) in [5, 5.41) is 3.30. The molecule has 0 fully saturated rings. The standard InChI is InChI=1S/C18H25NO2/c1-5-19-12-14-10-11-20-17(14)13-21-16-8-6-15(7-9-16)18(2,3)4/h6-11,19H,5,12-13H2,1-4H3. The summed E-state index contributed by atoms with van der Waals surface area (Å²) < 4.78 is 11.3. The molecule has 0 saturated heterocycles. The highest BCUT2D eigenvalue weighted by Crippen LogP contribution is 2.24. The Hall–Kier alpha value is -1.74. The molecule has 0 amide bonds. The van der Waals surface area contributed by atoms with Crippen molar-refractivity contribution in [2.45, 2.75) is 46.3 Å². The first-order chi connectivity index (χ1) is 10.0. The van der Waals surface area contributed by atoms with Crippen LogP contribution in [0.1, 0.15) is 44.6 Å². The minimum Gasteiger partial charge on any atom is -0.486 e. The number of ether oxygens (including phenoxy) is 1. The number of rotatable bonds is 6. The fourth-order valence-corrected chi connectivity index (χ4v) is 2.11. The van der Waals surface area contributed by atoms with Gasteiger partial charge in [-0.2, -0.15) is 0 Å². The van der Waals surface area contributed by atoms with E-state index in [0.717, 1.165) is 30.2 Å². The highest BCUT2D eigenvalue weighted by Gasteiger charge is 2.13. The van der Waals surface area contributed by atoms with E-state index in [1.807, 2.05) is 18.2 Å². The van der Waals surface area contributed by atoms with Gasteiger partial charge in [0.1, 0.15) is 18.1 Å². The summed E-state index contributed by atoms with van der Waals surface area (Å²) in [7, 11) is 0. The van der Waals surface area contributed by atoms with Crippen molar-refractivity contribution in [2.75, 3.05) is 6.54 Å². The molecule has 1 heterocycles. The lowest BCUT2D eigenvalue weighted by Crippen LogP contribution is -2.13. The number of hydrogen-bond acceptors (Lipinski definition) is 3. The van der Waals surface area contributed by atoms with E-state index in [2.05, 4.69) is 45.1 Å². The second-order valence-corrected chi connectivity index (χ2v) is 6.21. The Kier molecular flexibility index (Phi) is 5.07. The Labute approximate surface area is 127 Å². The molecule has 0 aliphatic rings. The van der Waals surface area contributed by atoms with Gasteiger partial charge in [-0.25, -0.2) is 0 Å². The van der Waals surface area contributed by atoms with Crippen molar-refractivity contribution in [3.8, 4) is 5.75 Å². The second-order valence-electron chi connectivity index (χ2n) is 6.21. The Morgan fingerprint density at radius 1 is 1.10 bits per heavy atom. The summed E-state index contributed by atoms with van der Waals surface area (Å²) in [6.45, 7) is 10.9. The Balaban J connectivity index is 1.95. The summed E-state index contributed by atoms with van der Waals surface area (Å²) in [4.78, 5) is 0. The monoisotopic (exact) mass is 287 g/mol. The predicted molar refractivity (Wildman–Crippen MR) is 85.6 cm³/mol. The van der Waals surface area contributed by atoms with Gasteiger partial charge in [-0.05, 0) is 35.7 Å². The minimum absolute atomic E-state index is 0.165. The van der Waals surface area contributed by atoms with Crippen LogP contribution >= 0.6 is 0 Å². The van der Waals surface area contributed by atoms with Crippen molar-refractivity contribution in [1.29, 1.82) is 0 Å². The average molecular weight is 287 g/mol. The van der Waals surface area contributed by atoms with Gasteiger partial charge in [0.2, 0.25) is 0 Å². The van der Waals surface area contributed by atoms with Gasteiger partial charge in [0.05, 0.1) is 6.26 Å². The van der Waals surface area contributed by atoms with Gasteiger partial charge in [0.15, 0.2) is 0 Å².